The minimum absolute atomic E-state index is 0.00308. The van der Waals surface area contributed by atoms with E-state index in [1.807, 2.05) is 6.92 Å². The van der Waals surface area contributed by atoms with Crippen LogP contribution in [0.4, 0.5) is 5.69 Å². The first kappa shape index (κ1) is 19.4. The highest BCUT2D eigenvalue weighted by Crippen LogP contribution is 2.17. The number of anilines is 1. The molecular weight excluding hydrogens is 362 g/mol. The molecule has 0 unspecified atom stereocenters. The van der Waals surface area contributed by atoms with E-state index < -0.39 is 0 Å². The smallest absolute Gasteiger partial charge is 0.291 e. The van der Waals surface area contributed by atoms with Crippen molar-refractivity contribution in [3.8, 4) is 5.75 Å². The molecule has 0 aliphatic carbocycles. The van der Waals surface area contributed by atoms with Crippen molar-refractivity contribution in [2.45, 2.75) is 27.2 Å². The zero-order chi connectivity index (χ0) is 19.9. The van der Waals surface area contributed by atoms with Gasteiger partial charge in [0.2, 0.25) is 0 Å². The molecule has 0 aliphatic heterocycles. The van der Waals surface area contributed by atoms with Crippen LogP contribution in [-0.2, 0) is 18.1 Å². The predicted molar refractivity (Wildman–Crippen MR) is 101 cm³/mol. The first-order chi connectivity index (χ1) is 13.5. The summed E-state index contributed by atoms with van der Waals surface area (Å²) >= 11 is 0. The van der Waals surface area contributed by atoms with Gasteiger partial charge in [0, 0.05) is 12.2 Å². The lowest BCUT2D eigenvalue weighted by Crippen LogP contribution is -2.10. The molecule has 1 aromatic carbocycles. The van der Waals surface area contributed by atoms with Crippen LogP contribution in [0.3, 0.4) is 0 Å². The van der Waals surface area contributed by atoms with Crippen LogP contribution in [0, 0.1) is 0 Å². The third kappa shape index (κ3) is 5.08. The van der Waals surface area contributed by atoms with Crippen LogP contribution < -0.4 is 10.1 Å². The van der Waals surface area contributed by atoms with Crippen LogP contribution in [0.5, 0.6) is 5.75 Å². The van der Waals surface area contributed by atoms with Crippen LogP contribution in [0.1, 0.15) is 40.5 Å². The number of nitrogens with one attached hydrogen (secondary N) is 1. The Morgan fingerprint density at radius 3 is 2.68 bits per heavy atom. The zero-order valence-corrected chi connectivity index (χ0v) is 15.7. The maximum Gasteiger partial charge on any atom is 0.291 e. The molecule has 0 aliphatic rings. The number of nitrogens with zero attached hydrogens (tertiary/aromatic N) is 2. The summed E-state index contributed by atoms with van der Waals surface area (Å²) in [6, 6.07) is 10.1. The van der Waals surface area contributed by atoms with Crippen molar-refractivity contribution in [2.75, 3.05) is 11.9 Å². The Hall–Kier alpha value is -3.39. The highest BCUT2D eigenvalue weighted by molar-refractivity contribution is 6.02. The zero-order valence-electron chi connectivity index (χ0n) is 15.7. The molecule has 0 radical (unpaired) electrons. The van der Waals surface area contributed by atoms with Crippen molar-refractivity contribution in [3.05, 3.63) is 65.9 Å². The average molecular weight is 383 g/mol. The number of hydrogen-bond acceptors (Lipinski definition) is 6. The predicted octanol–water partition coefficient (Wildman–Crippen LogP) is 3.50. The molecule has 0 spiro atoms. The summed E-state index contributed by atoms with van der Waals surface area (Å²) in [7, 11) is 0. The number of ether oxygens (including phenoxy) is 2. The second-order valence-corrected chi connectivity index (χ2v) is 5.98. The number of carbonyl (C=O) groups is 2. The lowest BCUT2D eigenvalue weighted by atomic mass is 10.1. The quantitative estimate of drug-likeness (QED) is 0.568. The Kier molecular flexibility index (Phi) is 6.23. The van der Waals surface area contributed by atoms with Crippen molar-refractivity contribution in [1.82, 2.24) is 9.78 Å². The number of benzene rings is 1. The SMILES string of the molecule is CCOCn1cc(NC(=O)c2ccc(COc3ccc(C(C)=O)cc3)o2)cn1. The second-order valence-electron chi connectivity index (χ2n) is 5.98. The van der Waals surface area contributed by atoms with Crippen LogP contribution >= 0.6 is 0 Å². The topological polar surface area (TPSA) is 95.6 Å². The van der Waals surface area contributed by atoms with Gasteiger partial charge in [-0.15, -0.1) is 0 Å². The van der Waals surface area contributed by atoms with Gasteiger partial charge in [-0.25, -0.2) is 4.68 Å². The Morgan fingerprint density at radius 2 is 1.96 bits per heavy atom. The number of rotatable bonds is 9. The van der Waals surface area contributed by atoms with Gasteiger partial charge in [-0.2, -0.15) is 5.10 Å². The fourth-order valence-corrected chi connectivity index (χ4v) is 2.39. The number of Topliss-reactive ketones (excluding diaryl/α,β-unsaturated/α-hetero) is 1. The maximum atomic E-state index is 12.3. The van der Waals surface area contributed by atoms with E-state index in [0.29, 0.717) is 36.1 Å². The summed E-state index contributed by atoms with van der Waals surface area (Å²) in [6.45, 7) is 4.47. The Balaban J connectivity index is 1.53. The molecule has 8 nitrogen and oxygen atoms in total. The lowest BCUT2D eigenvalue weighted by Gasteiger charge is -2.05. The Bertz CT molecular complexity index is 943. The molecule has 8 heteroatoms. The van der Waals surface area contributed by atoms with Gasteiger partial charge in [0.05, 0.1) is 18.1 Å². The standard InChI is InChI=1S/C20H21N3O5/c1-3-26-13-23-11-16(10-21-23)22-20(25)19-9-8-18(28-19)12-27-17-6-4-15(5-7-17)14(2)24/h4-11H,3,12-13H2,1-2H3,(H,22,25). The summed E-state index contributed by atoms with van der Waals surface area (Å²) in [5.74, 6) is 0.898. The molecule has 28 heavy (non-hydrogen) atoms. The summed E-state index contributed by atoms with van der Waals surface area (Å²) in [4.78, 5) is 23.6. The van der Waals surface area contributed by atoms with Crippen molar-refractivity contribution < 1.29 is 23.5 Å². The van der Waals surface area contributed by atoms with E-state index in [2.05, 4.69) is 10.4 Å². The van der Waals surface area contributed by atoms with E-state index in [-0.39, 0.29) is 24.1 Å². The second kappa shape index (κ2) is 9.01. The fraction of sp³-hybridized carbons (Fsp3) is 0.250. The van der Waals surface area contributed by atoms with Gasteiger partial charge >= 0.3 is 0 Å². The van der Waals surface area contributed by atoms with E-state index in [9.17, 15) is 9.59 Å². The first-order valence-corrected chi connectivity index (χ1v) is 8.79. The molecule has 3 rings (SSSR count). The minimum atomic E-state index is -0.381. The average Bonchev–Trinajstić information content (AvgIpc) is 3.34. The van der Waals surface area contributed by atoms with Crippen molar-refractivity contribution >= 4 is 17.4 Å². The van der Waals surface area contributed by atoms with Crippen LogP contribution in [0.15, 0.2) is 53.2 Å². The highest BCUT2D eigenvalue weighted by atomic mass is 16.5. The van der Waals surface area contributed by atoms with Gasteiger partial charge in [0.1, 0.15) is 24.8 Å². The van der Waals surface area contributed by atoms with Gasteiger partial charge in [-0.1, -0.05) is 0 Å². The molecule has 0 saturated carbocycles. The largest absolute Gasteiger partial charge is 0.486 e. The maximum absolute atomic E-state index is 12.3. The van der Waals surface area contributed by atoms with Crippen LogP contribution in [-0.4, -0.2) is 28.1 Å². The molecule has 146 valence electrons. The van der Waals surface area contributed by atoms with Gasteiger partial charge in [-0.05, 0) is 50.2 Å². The number of ketones is 1. The van der Waals surface area contributed by atoms with Crippen molar-refractivity contribution in [3.63, 3.8) is 0 Å². The first-order valence-electron chi connectivity index (χ1n) is 8.79. The number of aromatic nitrogens is 2. The van der Waals surface area contributed by atoms with Gasteiger partial charge < -0.3 is 19.2 Å². The van der Waals surface area contributed by atoms with Crippen LogP contribution in [0.25, 0.3) is 0 Å². The molecule has 1 N–H and O–H groups in total. The molecule has 0 atom stereocenters. The molecule has 1 amide bonds. The molecule has 2 aromatic heterocycles. The molecule has 3 aromatic rings. The van der Waals surface area contributed by atoms with E-state index in [1.165, 1.54) is 13.1 Å². The molecular formula is C20H21N3O5. The molecule has 0 bridgehead atoms. The van der Waals surface area contributed by atoms with Gasteiger partial charge in [-0.3, -0.25) is 9.59 Å². The third-order valence-electron chi connectivity index (χ3n) is 3.85. The number of hydrogen-bond donors (Lipinski definition) is 1. The van der Waals surface area contributed by atoms with E-state index in [1.54, 1.807) is 47.3 Å². The van der Waals surface area contributed by atoms with Crippen molar-refractivity contribution in [2.24, 2.45) is 0 Å². The lowest BCUT2D eigenvalue weighted by molar-refractivity contribution is 0.0792. The number of furan rings is 1. The third-order valence-corrected chi connectivity index (χ3v) is 3.85. The van der Waals surface area contributed by atoms with E-state index in [0.717, 1.165) is 0 Å². The number of amides is 1. The fourth-order valence-electron chi connectivity index (χ4n) is 2.39. The van der Waals surface area contributed by atoms with Gasteiger partial charge in [0.25, 0.3) is 5.91 Å². The normalized spacial score (nSPS) is 10.6. The van der Waals surface area contributed by atoms with Crippen molar-refractivity contribution in [1.29, 1.82) is 0 Å². The highest BCUT2D eigenvalue weighted by Gasteiger charge is 2.13. The summed E-state index contributed by atoms with van der Waals surface area (Å²) in [5, 5.41) is 6.81. The molecule has 2 heterocycles. The molecule has 0 saturated heterocycles. The van der Waals surface area contributed by atoms with Crippen LogP contribution in [0.2, 0.25) is 0 Å². The summed E-state index contributed by atoms with van der Waals surface area (Å²) in [5.41, 5.74) is 1.17. The monoisotopic (exact) mass is 383 g/mol. The molecule has 0 fully saturated rings. The number of carbonyl (C=O) groups excluding carboxylic acids is 2. The Labute approximate surface area is 162 Å². The Morgan fingerprint density at radius 1 is 1.18 bits per heavy atom. The van der Waals surface area contributed by atoms with E-state index >= 15 is 0 Å². The van der Waals surface area contributed by atoms with E-state index in [4.69, 9.17) is 13.9 Å². The minimum Gasteiger partial charge on any atom is -0.486 e. The summed E-state index contributed by atoms with van der Waals surface area (Å²) < 4.78 is 18.0. The van der Waals surface area contributed by atoms with Gasteiger partial charge in [0.15, 0.2) is 11.5 Å². The summed E-state index contributed by atoms with van der Waals surface area (Å²) in [6.07, 6.45) is 3.21.